The van der Waals surface area contributed by atoms with E-state index >= 15 is 0 Å². The number of hydrogen-bond donors (Lipinski definition) is 2. The van der Waals surface area contributed by atoms with Gasteiger partial charge in [-0.05, 0) is 42.9 Å². The third-order valence-electron chi connectivity index (χ3n) is 3.19. The van der Waals surface area contributed by atoms with Crippen LogP contribution in [0.2, 0.25) is 5.02 Å². The number of rotatable bonds is 7. The molecule has 1 aromatic carbocycles. The maximum atomic E-state index is 12.1. The molecule has 20 heavy (non-hydrogen) atoms. The van der Waals surface area contributed by atoms with Gasteiger partial charge in [-0.15, -0.1) is 0 Å². The summed E-state index contributed by atoms with van der Waals surface area (Å²) in [5.74, 6) is 0.431. The molecule has 0 aliphatic rings. The lowest BCUT2D eigenvalue weighted by molar-refractivity contribution is -0.123. The Labute approximate surface area is 126 Å². The summed E-state index contributed by atoms with van der Waals surface area (Å²) < 4.78 is 0. The van der Waals surface area contributed by atoms with E-state index < -0.39 is 5.54 Å². The van der Waals surface area contributed by atoms with Crippen molar-refractivity contribution >= 4 is 23.2 Å². The van der Waals surface area contributed by atoms with Gasteiger partial charge in [-0.3, -0.25) is 4.79 Å². The Kier molecular flexibility index (Phi) is 5.88. The summed E-state index contributed by atoms with van der Waals surface area (Å²) in [5.41, 5.74) is 5.82. The highest BCUT2D eigenvalue weighted by Crippen LogP contribution is 2.30. The Balaban J connectivity index is 3.10. The zero-order valence-electron chi connectivity index (χ0n) is 12.7. The largest absolute Gasteiger partial charge is 0.371 e. The van der Waals surface area contributed by atoms with E-state index in [4.69, 9.17) is 17.3 Å². The van der Waals surface area contributed by atoms with Crippen molar-refractivity contribution in [2.45, 2.75) is 46.1 Å². The average molecular weight is 297 g/mol. The van der Waals surface area contributed by atoms with Crippen molar-refractivity contribution in [3.05, 3.63) is 29.3 Å². The van der Waals surface area contributed by atoms with E-state index in [-0.39, 0.29) is 5.91 Å². The molecule has 3 nitrogen and oxygen atoms in total. The molecule has 0 spiro atoms. The van der Waals surface area contributed by atoms with Gasteiger partial charge in [0.15, 0.2) is 0 Å². The Morgan fingerprint density at radius 3 is 2.20 bits per heavy atom. The first-order chi connectivity index (χ1) is 9.25. The van der Waals surface area contributed by atoms with Crippen LogP contribution in [0, 0.1) is 11.8 Å². The van der Waals surface area contributed by atoms with Crippen LogP contribution in [-0.2, 0) is 4.79 Å². The number of benzene rings is 1. The number of carbonyl (C=O) groups excluding carboxylic acids is 1. The molecule has 1 amide bonds. The lowest BCUT2D eigenvalue weighted by Crippen LogP contribution is -2.52. The highest BCUT2D eigenvalue weighted by Gasteiger charge is 2.37. The van der Waals surface area contributed by atoms with Gasteiger partial charge < -0.3 is 11.1 Å². The Morgan fingerprint density at radius 2 is 1.80 bits per heavy atom. The SMILES string of the molecule is CC(C)CC(CC(C)C)(Nc1cccc(Cl)c1)C(N)=O. The second kappa shape index (κ2) is 6.98. The first-order valence-corrected chi connectivity index (χ1v) is 7.46. The van der Waals surface area contributed by atoms with Gasteiger partial charge in [0.2, 0.25) is 5.91 Å². The van der Waals surface area contributed by atoms with Crippen LogP contribution in [0.5, 0.6) is 0 Å². The molecule has 0 saturated carbocycles. The number of amides is 1. The third kappa shape index (κ3) is 4.71. The van der Waals surface area contributed by atoms with Gasteiger partial charge in [0.1, 0.15) is 5.54 Å². The summed E-state index contributed by atoms with van der Waals surface area (Å²) in [4.78, 5) is 12.1. The third-order valence-corrected chi connectivity index (χ3v) is 3.43. The van der Waals surface area contributed by atoms with Crippen molar-refractivity contribution in [3.63, 3.8) is 0 Å². The van der Waals surface area contributed by atoms with Crippen molar-refractivity contribution < 1.29 is 4.79 Å². The predicted octanol–water partition coefficient (Wildman–Crippen LogP) is 4.07. The van der Waals surface area contributed by atoms with Crippen molar-refractivity contribution in [2.24, 2.45) is 17.6 Å². The lowest BCUT2D eigenvalue weighted by Gasteiger charge is -2.35. The highest BCUT2D eigenvalue weighted by molar-refractivity contribution is 6.30. The maximum Gasteiger partial charge on any atom is 0.243 e. The summed E-state index contributed by atoms with van der Waals surface area (Å²) >= 11 is 6.01. The molecule has 0 atom stereocenters. The molecule has 0 bridgehead atoms. The van der Waals surface area contributed by atoms with Crippen LogP contribution in [0.25, 0.3) is 0 Å². The Morgan fingerprint density at radius 1 is 1.25 bits per heavy atom. The predicted molar refractivity (Wildman–Crippen MR) is 85.9 cm³/mol. The van der Waals surface area contributed by atoms with Crippen LogP contribution in [0.1, 0.15) is 40.5 Å². The van der Waals surface area contributed by atoms with Crippen LogP contribution in [0.15, 0.2) is 24.3 Å². The first-order valence-electron chi connectivity index (χ1n) is 7.09. The summed E-state index contributed by atoms with van der Waals surface area (Å²) in [5, 5.41) is 3.98. The van der Waals surface area contributed by atoms with Gasteiger partial charge in [0.05, 0.1) is 0 Å². The molecule has 0 heterocycles. The molecule has 0 unspecified atom stereocenters. The zero-order valence-corrected chi connectivity index (χ0v) is 13.5. The van der Waals surface area contributed by atoms with Crippen LogP contribution < -0.4 is 11.1 Å². The van der Waals surface area contributed by atoms with Crippen molar-refractivity contribution in [2.75, 3.05) is 5.32 Å². The standard InChI is InChI=1S/C16H25ClN2O/c1-11(2)9-16(15(18)20,10-12(3)4)19-14-7-5-6-13(17)8-14/h5-8,11-12,19H,9-10H2,1-4H3,(H2,18,20). The molecule has 0 aromatic heterocycles. The van der Waals surface area contributed by atoms with Crippen molar-refractivity contribution in [1.29, 1.82) is 0 Å². The summed E-state index contributed by atoms with van der Waals surface area (Å²) in [6, 6.07) is 7.40. The van der Waals surface area contributed by atoms with Gasteiger partial charge in [0.25, 0.3) is 0 Å². The van der Waals surface area contributed by atoms with Gasteiger partial charge in [-0.2, -0.15) is 0 Å². The number of nitrogens with two attached hydrogens (primary N) is 1. The van der Waals surface area contributed by atoms with E-state index in [1.807, 2.05) is 24.3 Å². The number of hydrogen-bond acceptors (Lipinski definition) is 2. The Bertz CT molecular complexity index is 448. The first kappa shape index (κ1) is 16.8. The Hall–Kier alpha value is -1.22. The van der Waals surface area contributed by atoms with Crippen LogP contribution in [0.4, 0.5) is 5.69 Å². The minimum atomic E-state index is -0.729. The number of halogens is 1. The molecule has 0 radical (unpaired) electrons. The molecule has 4 heteroatoms. The smallest absolute Gasteiger partial charge is 0.243 e. The molecular formula is C16H25ClN2O. The summed E-state index contributed by atoms with van der Waals surface area (Å²) in [7, 11) is 0. The minimum absolute atomic E-state index is 0.306. The normalized spacial score (nSPS) is 11.9. The van der Waals surface area contributed by atoms with Crippen LogP contribution in [-0.4, -0.2) is 11.4 Å². The average Bonchev–Trinajstić information content (AvgIpc) is 2.26. The highest BCUT2D eigenvalue weighted by atomic mass is 35.5. The second-order valence-corrected chi connectivity index (χ2v) is 6.71. The number of primary amides is 1. The molecule has 1 aromatic rings. The molecule has 3 N–H and O–H groups in total. The van der Waals surface area contributed by atoms with Crippen LogP contribution >= 0.6 is 11.6 Å². The molecule has 0 aliphatic carbocycles. The van der Waals surface area contributed by atoms with E-state index in [2.05, 4.69) is 33.0 Å². The van der Waals surface area contributed by atoms with E-state index in [9.17, 15) is 4.79 Å². The topological polar surface area (TPSA) is 55.1 Å². The monoisotopic (exact) mass is 296 g/mol. The van der Waals surface area contributed by atoms with Gasteiger partial charge in [-0.1, -0.05) is 45.4 Å². The van der Waals surface area contributed by atoms with Crippen molar-refractivity contribution in [3.8, 4) is 0 Å². The van der Waals surface area contributed by atoms with Gasteiger partial charge >= 0.3 is 0 Å². The number of nitrogens with one attached hydrogen (secondary N) is 1. The number of carbonyl (C=O) groups is 1. The second-order valence-electron chi connectivity index (χ2n) is 6.28. The zero-order chi connectivity index (χ0) is 15.3. The van der Waals surface area contributed by atoms with E-state index in [1.54, 1.807) is 0 Å². The molecular weight excluding hydrogens is 272 g/mol. The van der Waals surface area contributed by atoms with E-state index in [0.29, 0.717) is 29.7 Å². The molecule has 1 rings (SSSR count). The fourth-order valence-corrected chi connectivity index (χ4v) is 2.87. The quantitative estimate of drug-likeness (QED) is 0.797. The maximum absolute atomic E-state index is 12.1. The summed E-state index contributed by atoms with van der Waals surface area (Å²) in [6.45, 7) is 8.38. The molecule has 112 valence electrons. The van der Waals surface area contributed by atoms with Gasteiger partial charge in [0, 0.05) is 10.7 Å². The molecule has 0 aliphatic heterocycles. The fraction of sp³-hybridized carbons (Fsp3) is 0.562. The van der Waals surface area contributed by atoms with E-state index in [1.165, 1.54) is 0 Å². The van der Waals surface area contributed by atoms with Crippen LogP contribution in [0.3, 0.4) is 0 Å². The minimum Gasteiger partial charge on any atom is -0.371 e. The lowest BCUT2D eigenvalue weighted by atomic mass is 9.81. The molecule has 0 fully saturated rings. The van der Waals surface area contributed by atoms with Crippen molar-refractivity contribution in [1.82, 2.24) is 0 Å². The van der Waals surface area contributed by atoms with Gasteiger partial charge in [-0.25, -0.2) is 0 Å². The molecule has 0 saturated heterocycles. The summed E-state index contributed by atoms with van der Waals surface area (Å²) in [6.07, 6.45) is 1.40. The fourth-order valence-electron chi connectivity index (χ4n) is 2.68. The van der Waals surface area contributed by atoms with E-state index in [0.717, 1.165) is 5.69 Å². The number of anilines is 1.